The van der Waals surface area contributed by atoms with Gasteiger partial charge in [0.05, 0.1) is 19.3 Å². The molecule has 1 aliphatic heterocycles. The number of esters is 1. The van der Waals surface area contributed by atoms with Gasteiger partial charge in [0.1, 0.15) is 17.3 Å². The predicted octanol–water partition coefficient (Wildman–Crippen LogP) is 4.38. The van der Waals surface area contributed by atoms with Gasteiger partial charge in [-0.25, -0.2) is 4.79 Å². The van der Waals surface area contributed by atoms with Crippen LogP contribution in [0.15, 0.2) is 54.1 Å². The van der Waals surface area contributed by atoms with E-state index in [1.165, 1.54) is 0 Å². The fourth-order valence-electron chi connectivity index (χ4n) is 2.62. The Labute approximate surface area is 147 Å². The largest absolute Gasteiger partial charge is 0.496 e. The lowest BCUT2D eigenvalue weighted by Crippen LogP contribution is -1.97. The zero-order valence-corrected chi connectivity index (χ0v) is 14.5. The number of benzene rings is 2. The maximum Gasteiger partial charge on any atom is 0.343 e. The molecule has 25 heavy (non-hydrogen) atoms. The highest BCUT2D eigenvalue weighted by Gasteiger charge is 2.22. The number of cyclic esters (lactones) is 1. The van der Waals surface area contributed by atoms with Crippen molar-refractivity contribution in [1.29, 1.82) is 0 Å². The van der Waals surface area contributed by atoms with Gasteiger partial charge < -0.3 is 14.2 Å². The number of carbonyl (C=O) groups excluding carboxylic acids is 1. The van der Waals surface area contributed by atoms with E-state index in [1.54, 1.807) is 19.3 Å². The lowest BCUT2D eigenvalue weighted by atomic mass is 10.1. The summed E-state index contributed by atoms with van der Waals surface area (Å²) in [6.07, 6.45) is 3.55. The smallest absolute Gasteiger partial charge is 0.343 e. The molecule has 4 nitrogen and oxygen atoms in total. The molecule has 0 amide bonds. The van der Waals surface area contributed by atoms with Gasteiger partial charge in [0.25, 0.3) is 0 Å². The summed E-state index contributed by atoms with van der Waals surface area (Å²) in [5.74, 6) is 1.76. The molecule has 1 heterocycles. The average Bonchev–Trinajstić information content (AvgIpc) is 2.98. The minimum absolute atomic E-state index is 0.358. The molecule has 128 valence electrons. The molecule has 0 unspecified atom stereocenters. The van der Waals surface area contributed by atoms with Crippen LogP contribution in [0.25, 0.3) is 11.8 Å². The molecule has 0 N–H and O–H groups in total. The van der Waals surface area contributed by atoms with Crippen LogP contribution in [0.1, 0.15) is 23.6 Å². The highest BCUT2D eigenvalue weighted by Crippen LogP contribution is 2.29. The van der Waals surface area contributed by atoms with E-state index in [-0.39, 0.29) is 5.97 Å². The van der Waals surface area contributed by atoms with Crippen LogP contribution in [0, 0.1) is 6.92 Å². The first kappa shape index (κ1) is 16.8. The van der Waals surface area contributed by atoms with E-state index in [0.717, 1.165) is 28.2 Å². The molecule has 3 rings (SSSR count). The molecule has 0 fully saturated rings. The van der Waals surface area contributed by atoms with Crippen molar-refractivity contribution in [3.63, 3.8) is 0 Å². The van der Waals surface area contributed by atoms with Gasteiger partial charge in [0.2, 0.25) is 0 Å². The molecule has 0 spiro atoms. The zero-order valence-electron chi connectivity index (χ0n) is 14.5. The molecule has 1 aliphatic rings. The van der Waals surface area contributed by atoms with E-state index in [0.29, 0.717) is 17.9 Å². The molecule has 2 aromatic rings. The van der Waals surface area contributed by atoms with E-state index in [2.05, 4.69) is 0 Å². The molecule has 0 bridgehead atoms. The van der Waals surface area contributed by atoms with Crippen LogP contribution >= 0.6 is 0 Å². The summed E-state index contributed by atoms with van der Waals surface area (Å²) in [5, 5.41) is 0. The lowest BCUT2D eigenvalue weighted by Gasteiger charge is -2.05. The summed E-state index contributed by atoms with van der Waals surface area (Å²) in [4.78, 5) is 12.2. The fraction of sp³-hybridized carbons (Fsp3) is 0.190. The Hall–Kier alpha value is -3.01. The number of methoxy groups -OCH3 is 1. The molecular formula is C21H20O4. The topological polar surface area (TPSA) is 44.8 Å². The normalized spacial score (nSPS) is 15.1. The second-order valence-corrected chi connectivity index (χ2v) is 5.68. The van der Waals surface area contributed by atoms with Gasteiger partial charge in [-0.05, 0) is 67.5 Å². The molecular weight excluding hydrogens is 316 g/mol. The van der Waals surface area contributed by atoms with Gasteiger partial charge in [-0.15, -0.1) is 0 Å². The second-order valence-electron chi connectivity index (χ2n) is 5.68. The van der Waals surface area contributed by atoms with E-state index >= 15 is 0 Å². The van der Waals surface area contributed by atoms with Crippen molar-refractivity contribution in [2.75, 3.05) is 13.7 Å². The van der Waals surface area contributed by atoms with Crippen LogP contribution in [0.2, 0.25) is 0 Å². The Bertz CT molecular complexity index is 845. The van der Waals surface area contributed by atoms with Crippen LogP contribution in [0.3, 0.4) is 0 Å². The van der Waals surface area contributed by atoms with Crippen molar-refractivity contribution < 1.29 is 19.0 Å². The number of carbonyl (C=O) groups is 1. The Kier molecular flexibility index (Phi) is 4.89. The summed E-state index contributed by atoms with van der Waals surface area (Å²) in [6, 6.07) is 13.3. The molecule has 4 heteroatoms. The van der Waals surface area contributed by atoms with Crippen molar-refractivity contribution in [2.45, 2.75) is 13.8 Å². The summed E-state index contributed by atoms with van der Waals surface area (Å²) >= 11 is 0. The lowest BCUT2D eigenvalue weighted by molar-refractivity contribution is -0.130. The first-order chi connectivity index (χ1) is 12.1. The average molecular weight is 336 g/mol. The van der Waals surface area contributed by atoms with Crippen LogP contribution < -0.4 is 9.47 Å². The van der Waals surface area contributed by atoms with Gasteiger partial charge in [0, 0.05) is 5.56 Å². The van der Waals surface area contributed by atoms with E-state index in [1.807, 2.05) is 56.3 Å². The van der Waals surface area contributed by atoms with Gasteiger partial charge in [-0.2, -0.15) is 0 Å². The molecule has 0 aromatic heterocycles. The molecule has 0 atom stereocenters. The molecule has 0 saturated carbocycles. The maximum absolute atomic E-state index is 12.2. The fourth-order valence-corrected chi connectivity index (χ4v) is 2.62. The van der Waals surface area contributed by atoms with E-state index < -0.39 is 0 Å². The van der Waals surface area contributed by atoms with Gasteiger partial charge >= 0.3 is 5.97 Å². The number of rotatable bonds is 5. The second kappa shape index (κ2) is 7.26. The van der Waals surface area contributed by atoms with Crippen molar-refractivity contribution in [3.8, 4) is 11.5 Å². The molecule has 0 aliphatic carbocycles. The third-order valence-corrected chi connectivity index (χ3v) is 3.93. The van der Waals surface area contributed by atoms with Crippen LogP contribution in [-0.4, -0.2) is 19.7 Å². The molecule has 0 saturated heterocycles. The highest BCUT2D eigenvalue weighted by molar-refractivity contribution is 6.05. The van der Waals surface area contributed by atoms with Gasteiger partial charge in [-0.3, -0.25) is 0 Å². The van der Waals surface area contributed by atoms with Crippen molar-refractivity contribution >= 4 is 17.8 Å². The van der Waals surface area contributed by atoms with Crippen molar-refractivity contribution in [2.24, 2.45) is 0 Å². The summed E-state index contributed by atoms with van der Waals surface area (Å²) < 4.78 is 16.1. The quantitative estimate of drug-likeness (QED) is 0.600. The Balaban J connectivity index is 1.86. The number of hydrogen-bond donors (Lipinski definition) is 0. The van der Waals surface area contributed by atoms with Crippen molar-refractivity contribution in [3.05, 3.63) is 70.8 Å². The number of hydrogen-bond acceptors (Lipinski definition) is 4. The molecule has 0 radical (unpaired) electrons. The SMILES string of the molecule is CCOc1ccc(C2=C/C(=C/c3ccc(C)c(OC)c3)C(=O)O2)cc1. The zero-order chi connectivity index (χ0) is 17.8. The molecule has 2 aromatic carbocycles. The summed E-state index contributed by atoms with van der Waals surface area (Å²) in [7, 11) is 1.63. The van der Waals surface area contributed by atoms with Gasteiger partial charge in [0.15, 0.2) is 0 Å². The minimum Gasteiger partial charge on any atom is -0.496 e. The minimum atomic E-state index is -0.358. The Morgan fingerprint density at radius 1 is 1.12 bits per heavy atom. The van der Waals surface area contributed by atoms with E-state index in [4.69, 9.17) is 14.2 Å². The standard InChI is InChI=1S/C21H20O4/c1-4-24-18-9-7-16(8-10-18)20-13-17(21(22)25-20)11-15-6-5-14(2)19(12-15)23-3/h5-13H,4H2,1-3H3/b17-11-. The van der Waals surface area contributed by atoms with E-state index in [9.17, 15) is 4.79 Å². The Morgan fingerprint density at radius 2 is 1.88 bits per heavy atom. The first-order valence-corrected chi connectivity index (χ1v) is 8.14. The monoisotopic (exact) mass is 336 g/mol. The Morgan fingerprint density at radius 3 is 2.56 bits per heavy atom. The highest BCUT2D eigenvalue weighted by atomic mass is 16.5. The van der Waals surface area contributed by atoms with Crippen LogP contribution in [0.5, 0.6) is 11.5 Å². The summed E-state index contributed by atoms with van der Waals surface area (Å²) in [5.41, 5.74) is 3.28. The maximum atomic E-state index is 12.2. The number of aryl methyl sites for hydroxylation is 1. The van der Waals surface area contributed by atoms with Crippen LogP contribution in [0.4, 0.5) is 0 Å². The predicted molar refractivity (Wildman–Crippen MR) is 97.4 cm³/mol. The third kappa shape index (κ3) is 3.74. The van der Waals surface area contributed by atoms with Crippen molar-refractivity contribution in [1.82, 2.24) is 0 Å². The first-order valence-electron chi connectivity index (χ1n) is 8.14. The van der Waals surface area contributed by atoms with Crippen LogP contribution in [-0.2, 0) is 9.53 Å². The third-order valence-electron chi connectivity index (χ3n) is 3.93. The summed E-state index contributed by atoms with van der Waals surface area (Å²) in [6.45, 7) is 4.53. The van der Waals surface area contributed by atoms with Gasteiger partial charge in [-0.1, -0.05) is 12.1 Å². The number of ether oxygens (including phenoxy) is 3.